The Morgan fingerprint density at radius 3 is 2.21 bits per heavy atom. The molecule has 0 radical (unpaired) electrons. The second-order valence-corrected chi connectivity index (χ2v) is 4.88. The van der Waals surface area contributed by atoms with Crippen molar-refractivity contribution in [2.45, 2.75) is 24.9 Å². The van der Waals surface area contributed by atoms with Crippen molar-refractivity contribution in [2.24, 2.45) is 5.73 Å². The Balaban J connectivity index is 3.02. The maximum atomic E-state index is 12.4. The first kappa shape index (κ1) is 18.8. The van der Waals surface area contributed by atoms with E-state index in [1.807, 2.05) is 0 Å². The Hall–Kier alpha value is -3.23. The number of aliphatic carboxylic acids is 1. The molecule has 1 aromatic rings. The van der Waals surface area contributed by atoms with Gasteiger partial charge in [0, 0.05) is 6.42 Å². The molecule has 2 unspecified atom stereocenters. The predicted molar refractivity (Wildman–Crippen MR) is 81.1 cm³/mol. The molecule has 0 saturated carbocycles. The molecule has 4 amide bonds. The molecule has 0 spiro atoms. The third kappa shape index (κ3) is 5.20. The number of rotatable bonds is 10. The second-order valence-electron chi connectivity index (χ2n) is 4.88. The lowest BCUT2D eigenvalue weighted by Crippen LogP contribution is -2.47. The molecule has 9 nitrogen and oxygen atoms in total. The Morgan fingerprint density at radius 1 is 1.17 bits per heavy atom. The van der Waals surface area contributed by atoms with Crippen LogP contribution in [-0.2, 0) is 24.0 Å². The Kier molecular flexibility index (Phi) is 7.08. The number of carboxylic acids is 1. The summed E-state index contributed by atoms with van der Waals surface area (Å²) in [6.45, 7) is 0. The van der Waals surface area contributed by atoms with Crippen molar-refractivity contribution in [2.75, 3.05) is 0 Å². The number of nitrogens with two attached hydrogens (primary N) is 1. The topological polar surface area (TPSA) is 147 Å². The van der Waals surface area contributed by atoms with Crippen molar-refractivity contribution in [1.29, 1.82) is 0 Å². The number of primary amides is 1. The van der Waals surface area contributed by atoms with Crippen molar-refractivity contribution < 1.29 is 29.1 Å². The van der Waals surface area contributed by atoms with Gasteiger partial charge in [-0.15, -0.1) is 0 Å². The van der Waals surface area contributed by atoms with E-state index in [1.165, 1.54) is 12.1 Å². The standard InChI is InChI=1S/C15H17N3O6/c16-12(21)7-6-11(15(23)24)17-14(22)13(18(8-19)9-20)10-4-2-1-3-5-10/h1-5,8-9,11,13H,6-7H2,(H2,16,21)(H,17,22)(H,23,24). The number of nitrogens with one attached hydrogen (secondary N) is 1. The van der Waals surface area contributed by atoms with Gasteiger partial charge < -0.3 is 16.2 Å². The molecular weight excluding hydrogens is 318 g/mol. The highest BCUT2D eigenvalue weighted by Gasteiger charge is 2.30. The van der Waals surface area contributed by atoms with Crippen LogP contribution >= 0.6 is 0 Å². The van der Waals surface area contributed by atoms with Crippen LogP contribution < -0.4 is 11.1 Å². The van der Waals surface area contributed by atoms with Crippen LogP contribution in [0.4, 0.5) is 0 Å². The largest absolute Gasteiger partial charge is 0.480 e. The van der Waals surface area contributed by atoms with Crippen molar-refractivity contribution in [1.82, 2.24) is 10.2 Å². The first-order valence-electron chi connectivity index (χ1n) is 6.95. The van der Waals surface area contributed by atoms with E-state index in [2.05, 4.69) is 5.32 Å². The van der Waals surface area contributed by atoms with Gasteiger partial charge >= 0.3 is 5.97 Å². The molecule has 0 aliphatic rings. The summed E-state index contributed by atoms with van der Waals surface area (Å²) in [5.41, 5.74) is 5.30. The monoisotopic (exact) mass is 335 g/mol. The molecular formula is C15H17N3O6. The molecule has 4 N–H and O–H groups in total. The smallest absolute Gasteiger partial charge is 0.326 e. The quantitative estimate of drug-likeness (QED) is 0.476. The van der Waals surface area contributed by atoms with Gasteiger partial charge in [0.15, 0.2) is 0 Å². The number of carboxylic acid groups (broad SMARTS) is 1. The number of benzene rings is 1. The summed E-state index contributed by atoms with van der Waals surface area (Å²) in [6.07, 6.45) is -0.106. The molecule has 9 heteroatoms. The fourth-order valence-electron chi connectivity index (χ4n) is 2.04. The van der Waals surface area contributed by atoms with Crippen LogP contribution in [0.15, 0.2) is 30.3 Å². The minimum atomic E-state index is -1.38. The number of hydrogen-bond acceptors (Lipinski definition) is 5. The summed E-state index contributed by atoms with van der Waals surface area (Å²) < 4.78 is 0. The van der Waals surface area contributed by atoms with Gasteiger partial charge in [0.1, 0.15) is 12.1 Å². The summed E-state index contributed by atoms with van der Waals surface area (Å²) >= 11 is 0. The molecule has 0 aromatic heterocycles. The van der Waals surface area contributed by atoms with E-state index >= 15 is 0 Å². The van der Waals surface area contributed by atoms with Crippen LogP contribution in [-0.4, -0.2) is 46.7 Å². The number of hydrogen-bond donors (Lipinski definition) is 3. The van der Waals surface area contributed by atoms with E-state index in [-0.39, 0.29) is 25.7 Å². The van der Waals surface area contributed by atoms with Crippen LogP contribution in [0.1, 0.15) is 24.4 Å². The van der Waals surface area contributed by atoms with Gasteiger partial charge in [-0.2, -0.15) is 0 Å². The van der Waals surface area contributed by atoms with Gasteiger partial charge in [0.05, 0.1) is 0 Å². The summed E-state index contributed by atoms with van der Waals surface area (Å²) in [7, 11) is 0. The molecule has 0 bridgehead atoms. The normalized spacial score (nSPS) is 12.5. The van der Waals surface area contributed by atoms with E-state index < -0.39 is 29.9 Å². The van der Waals surface area contributed by atoms with Crippen LogP contribution in [0.25, 0.3) is 0 Å². The molecule has 1 rings (SSSR count). The highest BCUT2D eigenvalue weighted by atomic mass is 16.4. The lowest BCUT2D eigenvalue weighted by atomic mass is 10.0. The first-order chi connectivity index (χ1) is 11.4. The lowest BCUT2D eigenvalue weighted by molar-refractivity contribution is -0.144. The van der Waals surface area contributed by atoms with Crippen LogP contribution in [0, 0.1) is 0 Å². The van der Waals surface area contributed by atoms with Crippen LogP contribution in [0.5, 0.6) is 0 Å². The molecule has 1 aromatic carbocycles. The minimum Gasteiger partial charge on any atom is -0.480 e. The molecule has 0 saturated heterocycles. The molecule has 0 heterocycles. The van der Waals surface area contributed by atoms with Crippen LogP contribution in [0.3, 0.4) is 0 Å². The summed E-state index contributed by atoms with van der Waals surface area (Å²) in [6, 6.07) is 5.22. The number of amides is 4. The lowest BCUT2D eigenvalue weighted by Gasteiger charge is -2.24. The highest BCUT2D eigenvalue weighted by molar-refractivity contribution is 5.91. The van der Waals surface area contributed by atoms with Crippen molar-refractivity contribution in [3.8, 4) is 0 Å². The number of imide groups is 1. The van der Waals surface area contributed by atoms with E-state index in [0.29, 0.717) is 10.5 Å². The van der Waals surface area contributed by atoms with Crippen molar-refractivity contribution in [3.05, 3.63) is 35.9 Å². The first-order valence-corrected chi connectivity index (χ1v) is 6.95. The fourth-order valence-corrected chi connectivity index (χ4v) is 2.04. The zero-order chi connectivity index (χ0) is 18.1. The van der Waals surface area contributed by atoms with Gasteiger partial charge in [-0.3, -0.25) is 24.1 Å². The third-order valence-corrected chi connectivity index (χ3v) is 3.20. The third-order valence-electron chi connectivity index (χ3n) is 3.20. The highest BCUT2D eigenvalue weighted by Crippen LogP contribution is 2.19. The zero-order valence-electron chi connectivity index (χ0n) is 12.6. The average molecular weight is 335 g/mol. The molecule has 0 aliphatic heterocycles. The second kappa shape index (κ2) is 9.03. The molecule has 24 heavy (non-hydrogen) atoms. The molecule has 0 aliphatic carbocycles. The molecule has 2 atom stereocenters. The van der Waals surface area contributed by atoms with Gasteiger partial charge in [-0.05, 0) is 12.0 Å². The molecule has 0 fully saturated rings. The number of carbonyl (C=O) groups excluding carboxylic acids is 4. The van der Waals surface area contributed by atoms with Crippen molar-refractivity contribution in [3.63, 3.8) is 0 Å². The Morgan fingerprint density at radius 2 is 1.75 bits per heavy atom. The SMILES string of the molecule is NC(=O)CCC(NC(=O)C(c1ccccc1)N(C=O)C=O)C(=O)O. The van der Waals surface area contributed by atoms with Gasteiger partial charge in [0.25, 0.3) is 0 Å². The fraction of sp³-hybridized carbons (Fsp3) is 0.267. The van der Waals surface area contributed by atoms with Crippen molar-refractivity contribution >= 4 is 30.6 Å². The Labute approximate surface area is 137 Å². The van der Waals surface area contributed by atoms with E-state index in [4.69, 9.17) is 10.8 Å². The summed E-state index contributed by atoms with van der Waals surface area (Å²) in [4.78, 5) is 57.0. The van der Waals surface area contributed by atoms with E-state index in [1.54, 1.807) is 18.2 Å². The summed E-state index contributed by atoms with van der Waals surface area (Å²) in [5, 5.41) is 11.3. The van der Waals surface area contributed by atoms with Crippen LogP contribution in [0.2, 0.25) is 0 Å². The maximum absolute atomic E-state index is 12.4. The van der Waals surface area contributed by atoms with Gasteiger partial charge in [-0.25, -0.2) is 4.79 Å². The van der Waals surface area contributed by atoms with E-state index in [0.717, 1.165) is 0 Å². The number of carbonyl (C=O) groups is 5. The Bertz CT molecular complexity index is 611. The molecule has 128 valence electrons. The minimum absolute atomic E-state index is 0.170. The average Bonchev–Trinajstić information content (AvgIpc) is 2.56. The van der Waals surface area contributed by atoms with Gasteiger partial charge in [0.2, 0.25) is 24.6 Å². The zero-order valence-corrected chi connectivity index (χ0v) is 12.6. The maximum Gasteiger partial charge on any atom is 0.326 e. The number of nitrogens with zero attached hydrogens (tertiary/aromatic N) is 1. The van der Waals surface area contributed by atoms with Gasteiger partial charge in [-0.1, -0.05) is 30.3 Å². The predicted octanol–water partition coefficient (Wildman–Crippen LogP) is -0.823. The summed E-state index contributed by atoms with van der Waals surface area (Å²) in [5.74, 6) is -2.94. The van der Waals surface area contributed by atoms with E-state index in [9.17, 15) is 24.0 Å².